The molecule has 0 amide bonds. The molecule has 1 fully saturated rings. The third-order valence-corrected chi connectivity index (χ3v) is 6.93. The SMILES string of the molecule is COc1cc([C@@H]2c3cc4c(cc3[C@H](O)[C@H]3COC(=O)[C@]23Cl)OCO4)cc(OC)c1OC. The number of fused-ring (bicyclic) bond motifs is 3. The van der Waals surface area contributed by atoms with Crippen molar-refractivity contribution in [2.45, 2.75) is 16.9 Å². The van der Waals surface area contributed by atoms with E-state index in [1.54, 1.807) is 24.3 Å². The molecule has 2 aliphatic heterocycles. The molecule has 2 aromatic carbocycles. The molecule has 5 rings (SSSR count). The Bertz CT molecular complexity index is 1040. The maximum atomic E-state index is 12.9. The Morgan fingerprint density at radius 1 is 0.968 bits per heavy atom. The highest BCUT2D eigenvalue weighted by Gasteiger charge is 2.63. The summed E-state index contributed by atoms with van der Waals surface area (Å²) in [6, 6.07) is 7.02. The highest BCUT2D eigenvalue weighted by molar-refractivity contribution is 6.36. The number of methoxy groups -OCH3 is 3. The van der Waals surface area contributed by atoms with Crippen molar-refractivity contribution in [3.05, 3.63) is 41.0 Å². The van der Waals surface area contributed by atoms with Crippen molar-refractivity contribution in [3.63, 3.8) is 0 Å². The molecule has 0 radical (unpaired) electrons. The van der Waals surface area contributed by atoms with Crippen LogP contribution in [0.2, 0.25) is 0 Å². The van der Waals surface area contributed by atoms with Gasteiger partial charge in [0, 0.05) is 5.92 Å². The Labute approximate surface area is 183 Å². The zero-order valence-electron chi connectivity index (χ0n) is 17.1. The van der Waals surface area contributed by atoms with Crippen molar-refractivity contribution in [2.75, 3.05) is 34.7 Å². The summed E-state index contributed by atoms with van der Waals surface area (Å²) in [4.78, 5) is 11.4. The van der Waals surface area contributed by atoms with Crippen LogP contribution < -0.4 is 23.7 Å². The second-order valence-corrected chi connectivity index (χ2v) is 8.27. The number of aliphatic hydroxyl groups excluding tert-OH is 1. The van der Waals surface area contributed by atoms with Gasteiger partial charge in [0.1, 0.15) is 0 Å². The first-order valence-electron chi connectivity index (χ1n) is 9.71. The smallest absolute Gasteiger partial charge is 0.328 e. The lowest BCUT2D eigenvalue weighted by atomic mass is 9.65. The van der Waals surface area contributed by atoms with Crippen LogP contribution in [0, 0.1) is 5.92 Å². The Hall–Kier alpha value is -2.84. The molecule has 0 saturated carbocycles. The van der Waals surface area contributed by atoms with Crippen molar-refractivity contribution in [2.24, 2.45) is 5.92 Å². The van der Waals surface area contributed by atoms with Crippen molar-refractivity contribution in [3.8, 4) is 28.7 Å². The van der Waals surface area contributed by atoms with Crippen LogP contribution in [-0.4, -0.2) is 50.7 Å². The van der Waals surface area contributed by atoms with Crippen molar-refractivity contribution < 1.29 is 38.3 Å². The molecule has 2 aromatic rings. The standard InChI is InChI=1S/C22H21ClO8/c1-26-16-4-10(5-17(27-2)20(16)28-3)18-11-6-14-15(31-9-30-14)7-12(11)19(24)13-8-29-21(25)22(13,18)23/h4-7,13,18-19,24H,8-9H2,1-3H3/t13-,18-,19+,22-/m1/s1. The number of alkyl halides is 1. The van der Waals surface area contributed by atoms with Crippen LogP contribution in [0.1, 0.15) is 28.7 Å². The Balaban J connectivity index is 1.79. The van der Waals surface area contributed by atoms with E-state index in [0.717, 1.165) is 0 Å². The number of rotatable bonds is 4. The molecule has 3 aliphatic rings. The zero-order valence-corrected chi connectivity index (χ0v) is 17.9. The summed E-state index contributed by atoms with van der Waals surface area (Å²) in [6.07, 6.45) is -1.01. The van der Waals surface area contributed by atoms with Crippen LogP contribution >= 0.6 is 11.6 Å². The van der Waals surface area contributed by atoms with E-state index in [2.05, 4.69) is 0 Å². The van der Waals surface area contributed by atoms with Crippen LogP contribution in [0.3, 0.4) is 0 Å². The molecule has 8 nitrogen and oxygen atoms in total. The van der Waals surface area contributed by atoms with Gasteiger partial charge in [-0.1, -0.05) is 0 Å². The van der Waals surface area contributed by atoms with E-state index in [-0.39, 0.29) is 13.4 Å². The molecule has 0 aromatic heterocycles. The fraction of sp³-hybridized carbons (Fsp3) is 0.409. The Morgan fingerprint density at radius 3 is 2.16 bits per heavy atom. The fourth-order valence-corrected chi connectivity index (χ4v) is 5.29. The van der Waals surface area contributed by atoms with Crippen LogP contribution in [0.25, 0.3) is 0 Å². The molecule has 0 spiro atoms. The molecule has 2 heterocycles. The fourth-order valence-electron chi connectivity index (χ4n) is 4.81. The predicted octanol–water partition coefficient (Wildman–Crippen LogP) is 2.77. The van der Waals surface area contributed by atoms with Crippen molar-refractivity contribution >= 4 is 17.6 Å². The normalized spacial score (nSPS) is 27.9. The van der Waals surface area contributed by atoms with Gasteiger partial charge in [-0.3, -0.25) is 4.79 Å². The van der Waals surface area contributed by atoms with E-state index in [1.807, 2.05) is 0 Å². The Morgan fingerprint density at radius 2 is 1.58 bits per heavy atom. The molecule has 1 saturated heterocycles. The van der Waals surface area contributed by atoms with Gasteiger partial charge in [-0.15, -0.1) is 11.6 Å². The van der Waals surface area contributed by atoms with Gasteiger partial charge in [0.25, 0.3) is 0 Å². The number of aliphatic hydroxyl groups is 1. The monoisotopic (exact) mass is 448 g/mol. The molecule has 0 unspecified atom stereocenters. The minimum atomic E-state index is -1.52. The average Bonchev–Trinajstić information content (AvgIpc) is 3.36. The summed E-state index contributed by atoms with van der Waals surface area (Å²) in [5, 5.41) is 11.1. The lowest BCUT2D eigenvalue weighted by Crippen LogP contribution is -2.48. The number of halogens is 1. The summed E-state index contributed by atoms with van der Waals surface area (Å²) in [7, 11) is 4.54. The molecule has 164 valence electrons. The van der Waals surface area contributed by atoms with Gasteiger partial charge in [0.15, 0.2) is 27.9 Å². The van der Waals surface area contributed by atoms with Gasteiger partial charge in [-0.25, -0.2) is 0 Å². The second kappa shape index (κ2) is 7.10. The predicted molar refractivity (Wildman–Crippen MR) is 108 cm³/mol. The molecule has 9 heteroatoms. The van der Waals surface area contributed by atoms with E-state index in [4.69, 9.17) is 40.0 Å². The molecular formula is C22H21ClO8. The van der Waals surface area contributed by atoms with Crippen molar-refractivity contribution in [1.82, 2.24) is 0 Å². The minimum Gasteiger partial charge on any atom is -0.493 e. The number of benzene rings is 2. The summed E-state index contributed by atoms with van der Waals surface area (Å²) >= 11 is 7.04. The van der Waals surface area contributed by atoms with Crippen LogP contribution in [0.5, 0.6) is 28.7 Å². The number of cyclic esters (lactones) is 1. The second-order valence-electron chi connectivity index (χ2n) is 7.64. The third kappa shape index (κ3) is 2.68. The highest BCUT2D eigenvalue weighted by Crippen LogP contribution is 2.60. The molecular weight excluding hydrogens is 428 g/mol. The highest BCUT2D eigenvalue weighted by atomic mass is 35.5. The number of esters is 1. The van der Waals surface area contributed by atoms with Gasteiger partial charge < -0.3 is 33.5 Å². The molecule has 0 bridgehead atoms. The number of carbonyl (C=O) groups is 1. The van der Waals surface area contributed by atoms with Crippen LogP contribution in [0.15, 0.2) is 24.3 Å². The van der Waals surface area contributed by atoms with Gasteiger partial charge in [-0.2, -0.15) is 0 Å². The number of ether oxygens (including phenoxy) is 6. The third-order valence-electron chi connectivity index (χ3n) is 6.28. The number of hydrogen-bond acceptors (Lipinski definition) is 8. The zero-order chi connectivity index (χ0) is 21.9. The topological polar surface area (TPSA) is 92.7 Å². The molecule has 1 aliphatic carbocycles. The van der Waals surface area contributed by atoms with Gasteiger partial charge >= 0.3 is 5.97 Å². The Kier molecular flexibility index (Phi) is 4.60. The van der Waals surface area contributed by atoms with E-state index in [0.29, 0.717) is 45.4 Å². The maximum absolute atomic E-state index is 12.9. The van der Waals surface area contributed by atoms with E-state index >= 15 is 0 Å². The van der Waals surface area contributed by atoms with E-state index < -0.39 is 28.8 Å². The molecule has 4 atom stereocenters. The summed E-state index contributed by atoms with van der Waals surface area (Å²) < 4.78 is 32.8. The van der Waals surface area contributed by atoms with E-state index in [9.17, 15) is 9.90 Å². The average molecular weight is 449 g/mol. The summed E-state index contributed by atoms with van der Waals surface area (Å²) in [5.74, 6) is 0.420. The largest absolute Gasteiger partial charge is 0.493 e. The van der Waals surface area contributed by atoms with Gasteiger partial charge in [0.05, 0.1) is 40.0 Å². The first-order valence-corrected chi connectivity index (χ1v) is 10.1. The lowest BCUT2D eigenvalue weighted by molar-refractivity contribution is -0.140. The number of hydrogen-bond donors (Lipinski definition) is 1. The summed E-state index contributed by atoms with van der Waals surface area (Å²) in [5.41, 5.74) is 1.92. The number of carbonyl (C=O) groups excluding carboxylic acids is 1. The van der Waals surface area contributed by atoms with Crippen LogP contribution in [0.4, 0.5) is 0 Å². The summed E-state index contributed by atoms with van der Waals surface area (Å²) in [6.45, 7) is 0.0962. The first-order chi connectivity index (χ1) is 14.9. The lowest BCUT2D eigenvalue weighted by Gasteiger charge is -2.42. The van der Waals surface area contributed by atoms with E-state index in [1.165, 1.54) is 21.3 Å². The van der Waals surface area contributed by atoms with Gasteiger partial charge in [-0.05, 0) is 41.0 Å². The quantitative estimate of drug-likeness (QED) is 0.564. The minimum absolute atomic E-state index is 0.0122. The van der Waals surface area contributed by atoms with Crippen molar-refractivity contribution in [1.29, 1.82) is 0 Å². The molecule has 1 N–H and O–H groups in total. The maximum Gasteiger partial charge on any atom is 0.328 e. The van der Waals surface area contributed by atoms with Crippen LogP contribution in [-0.2, 0) is 9.53 Å². The molecule has 31 heavy (non-hydrogen) atoms. The van der Waals surface area contributed by atoms with Gasteiger partial charge in [0.2, 0.25) is 12.5 Å². The first kappa shape index (κ1) is 20.1.